The third kappa shape index (κ3) is 49.7. The predicted octanol–water partition coefficient (Wildman–Crippen LogP) is 5.14. The van der Waals surface area contributed by atoms with Crippen LogP contribution in [0.4, 0.5) is 0 Å². The Bertz CT molecular complexity index is 3400. The third-order valence-electron chi connectivity index (χ3n) is 30.5. The molecular formula is C108H198O42. The molecule has 0 saturated carbocycles. The SMILES string of the molecule is C[C@@H](O)CCCCC[C@H](CCCCCCCCCCCCC[C@H](CC(=O)OC[C@H]1O[C@@H](O[C@@H]2CCCCCCCCCCCCC[C@@H](CCCCC[C@@H](C)O)O[C@@H]3O[C@H](COC(=O)C[C@H](O[C@@H]4O[C@H](CO)[C@@H](O)[C@H](O)[C@H]4O)CCCCCCCCCCCCC[C@@H](CCCCC[C@@H](C)O)O[C@@H]4O[C@H](COC(=O)C2)[C@H](O)[C@H](O)[C@H]4O)[C@H](O)[C@H](O)[C@H]3O)[C@H](O)[C@@H](O)[C@@H]1O)O[C@@H]1O[C@H](CO)[C@@H](O)[C@H](O)[C@H]1O)O[C@@H]1O[C@H](CO)[C@@H](O)[C@H](O)[C@H]1O. The average molecular weight is 2170 g/mol. The van der Waals surface area contributed by atoms with Gasteiger partial charge in [-0.05, 0) is 97.8 Å². The summed E-state index contributed by atoms with van der Waals surface area (Å²) in [5.74, 6) is -2.56. The maximum atomic E-state index is 14.2. The number of hydrogen-bond acceptors (Lipinski definition) is 42. The number of aliphatic hydroxyl groups is 24. The molecule has 0 aromatic heterocycles. The molecular weight excluding hydrogens is 1970 g/mol. The molecule has 39 atom stereocenters. The lowest BCUT2D eigenvalue weighted by Crippen LogP contribution is -2.60. The highest BCUT2D eigenvalue weighted by atomic mass is 16.8. The fourth-order valence-electron chi connectivity index (χ4n) is 20.9. The number of ether oxygens (including phenoxy) is 15. The number of fused-ring (bicyclic) bond motifs is 4. The van der Waals surface area contributed by atoms with Gasteiger partial charge in [0, 0.05) is 0 Å². The molecule has 882 valence electrons. The molecule has 0 amide bonds. The van der Waals surface area contributed by atoms with Gasteiger partial charge >= 0.3 is 17.9 Å². The van der Waals surface area contributed by atoms with Crippen molar-refractivity contribution in [2.75, 3.05) is 39.6 Å². The van der Waals surface area contributed by atoms with E-state index in [1.807, 2.05) is 0 Å². The maximum Gasteiger partial charge on any atom is 0.308 e. The second-order valence-electron chi connectivity index (χ2n) is 43.7. The minimum atomic E-state index is -1.94. The van der Waals surface area contributed by atoms with Gasteiger partial charge in [-0.1, -0.05) is 270 Å². The molecule has 7 heterocycles. The van der Waals surface area contributed by atoms with Crippen LogP contribution in [0.3, 0.4) is 0 Å². The first-order valence-corrected chi connectivity index (χ1v) is 57.5. The van der Waals surface area contributed by atoms with Crippen LogP contribution in [0.2, 0.25) is 0 Å². The molecule has 42 heteroatoms. The largest absolute Gasteiger partial charge is 0.463 e. The van der Waals surface area contributed by atoms with Crippen molar-refractivity contribution in [3.8, 4) is 0 Å². The number of aliphatic hydroxyl groups excluding tert-OH is 24. The molecule has 7 fully saturated rings. The first-order chi connectivity index (χ1) is 72.0. The number of rotatable bonds is 47. The van der Waals surface area contributed by atoms with Gasteiger partial charge in [0.25, 0.3) is 0 Å². The molecule has 7 rings (SSSR count). The van der Waals surface area contributed by atoms with E-state index < -0.39 is 303 Å². The van der Waals surface area contributed by atoms with E-state index in [1.165, 1.54) is 0 Å². The lowest BCUT2D eigenvalue weighted by Gasteiger charge is -2.41. The van der Waals surface area contributed by atoms with Crippen molar-refractivity contribution in [1.29, 1.82) is 0 Å². The van der Waals surface area contributed by atoms with Gasteiger partial charge < -0.3 is 194 Å². The Morgan fingerprint density at radius 2 is 0.553 bits per heavy atom. The minimum Gasteiger partial charge on any atom is -0.463 e. The normalized spacial score (nSPS) is 36.8. The number of hydrogen-bond donors (Lipinski definition) is 24. The zero-order chi connectivity index (χ0) is 109. The van der Waals surface area contributed by atoms with Crippen LogP contribution in [0.1, 0.15) is 387 Å². The van der Waals surface area contributed by atoms with Crippen LogP contribution in [-0.2, 0) is 85.4 Å². The molecule has 0 radical (unpaired) electrons. The summed E-state index contributed by atoms with van der Waals surface area (Å²) >= 11 is 0. The van der Waals surface area contributed by atoms with Crippen molar-refractivity contribution >= 4 is 17.9 Å². The average Bonchev–Trinajstić information content (AvgIpc) is 0.815. The Balaban J connectivity index is 0.967. The molecule has 4 bridgehead atoms. The molecule has 0 aliphatic carbocycles. The minimum absolute atomic E-state index is 0.171. The van der Waals surface area contributed by atoms with Gasteiger partial charge in [-0.25, -0.2) is 0 Å². The highest BCUT2D eigenvalue weighted by molar-refractivity contribution is 5.71. The van der Waals surface area contributed by atoms with Gasteiger partial charge in [0.15, 0.2) is 37.7 Å². The Hall–Kier alpha value is -3.03. The van der Waals surface area contributed by atoms with Crippen LogP contribution in [0.15, 0.2) is 0 Å². The second kappa shape index (κ2) is 76.0. The van der Waals surface area contributed by atoms with Gasteiger partial charge in [0.05, 0.1) is 94.0 Å². The Kier molecular flexibility index (Phi) is 67.8. The second-order valence-corrected chi connectivity index (χ2v) is 43.7. The van der Waals surface area contributed by atoms with Crippen molar-refractivity contribution in [3.63, 3.8) is 0 Å². The van der Waals surface area contributed by atoms with E-state index in [0.29, 0.717) is 96.3 Å². The summed E-state index contributed by atoms with van der Waals surface area (Å²) in [5.41, 5.74) is 0. The lowest BCUT2D eigenvalue weighted by atomic mass is 9.98. The van der Waals surface area contributed by atoms with Gasteiger partial charge in [0.2, 0.25) is 0 Å². The molecule has 7 saturated heterocycles. The molecule has 0 aromatic carbocycles. The monoisotopic (exact) mass is 2170 g/mol. The molecule has 0 unspecified atom stereocenters. The van der Waals surface area contributed by atoms with Crippen LogP contribution in [0.5, 0.6) is 0 Å². The number of carbonyl (C=O) groups excluding carboxylic acids is 3. The van der Waals surface area contributed by atoms with Crippen molar-refractivity contribution in [3.05, 3.63) is 0 Å². The van der Waals surface area contributed by atoms with E-state index in [9.17, 15) is 137 Å². The van der Waals surface area contributed by atoms with Gasteiger partial charge in [-0.15, -0.1) is 0 Å². The van der Waals surface area contributed by atoms with E-state index in [-0.39, 0.29) is 31.8 Å². The lowest BCUT2D eigenvalue weighted by molar-refractivity contribution is -0.315. The number of carbonyl (C=O) groups is 3. The highest BCUT2D eigenvalue weighted by Crippen LogP contribution is 2.37. The van der Waals surface area contributed by atoms with E-state index in [2.05, 4.69) is 0 Å². The Morgan fingerprint density at radius 3 is 0.893 bits per heavy atom. The zero-order valence-electron chi connectivity index (χ0n) is 89.6. The predicted molar refractivity (Wildman–Crippen MR) is 542 cm³/mol. The summed E-state index contributed by atoms with van der Waals surface area (Å²) in [6.07, 6.45) is -13.5. The van der Waals surface area contributed by atoms with Crippen molar-refractivity contribution < 1.29 is 208 Å². The fourth-order valence-corrected chi connectivity index (χ4v) is 20.9. The van der Waals surface area contributed by atoms with Crippen LogP contribution in [0, 0.1) is 0 Å². The van der Waals surface area contributed by atoms with E-state index in [0.717, 1.165) is 231 Å². The van der Waals surface area contributed by atoms with Crippen LogP contribution in [-0.4, -0.2) is 419 Å². The first kappa shape index (κ1) is 134. The van der Waals surface area contributed by atoms with Crippen molar-refractivity contribution in [1.82, 2.24) is 0 Å². The van der Waals surface area contributed by atoms with Crippen LogP contribution >= 0.6 is 0 Å². The number of esters is 3. The standard InChI is InChI=1S/C108H198O42/c1-67(112)46-34-31-43-52-70(139-103-97(130)91(124)85(118)76(61-109)145-103)49-37-25-19-13-7-4-10-16-23-29-41-56-74(143-107-99(132)93(126)87(120)78(63-111)147-107)59-83(116)138-66-81-90(123)96(129)102(135)108(150-81)144-75-57-42-30-24-18-12-6-9-15-21-27-38-50-71(53-44-32-35-47-68(2)113)140-104-100(133)94(127)88(121)79(148-104)64-136-82(115)58-73(142-106-98(131)92(125)86(119)77(62-110)146-106)55-40-28-22-17-11-5-8-14-20-26-39-51-72(54-45-33-36-48-69(3)114)141-105-101(134)95(128)89(122)80(149-105)65-137-84(117)60-75/h67-81,85-114,118-135H,4-66H2,1-3H3/t67-,68-,69-,70+,71+,72+,73-,74-,75-,76-,77-,78-,79-,80-,81-,85-,86-,87-,88+,89+,90-,91+,92+,93+,94+,95+,96+,97-,98-,99-,100-,101-,102-,103-,104-,105-,106-,107-,108-/m1/s1. The van der Waals surface area contributed by atoms with Gasteiger partial charge in [-0.3, -0.25) is 14.4 Å². The molecule has 150 heavy (non-hydrogen) atoms. The molecule has 24 N–H and O–H groups in total. The summed E-state index contributed by atoms with van der Waals surface area (Å²) in [5, 5.41) is 257. The first-order valence-electron chi connectivity index (χ1n) is 57.5. The van der Waals surface area contributed by atoms with Crippen LogP contribution in [0.25, 0.3) is 0 Å². The smallest absolute Gasteiger partial charge is 0.308 e. The van der Waals surface area contributed by atoms with E-state index >= 15 is 0 Å². The van der Waals surface area contributed by atoms with Crippen molar-refractivity contribution in [2.45, 2.75) is 626 Å². The van der Waals surface area contributed by atoms with Gasteiger partial charge in [-0.2, -0.15) is 0 Å². The molecule has 42 nitrogen and oxygen atoms in total. The van der Waals surface area contributed by atoms with E-state index in [1.54, 1.807) is 20.8 Å². The molecule has 0 aromatic rings. The molecule has 7 aliphatic heterocycles. The molecule has 0 spiro atoms. The highest BCUT2D eigenvalue weighted by Gasteiger charge is 2.53. The van der Waals surface area contributed by atoms with E-state index in [4.69, 9.17) is 71.1 Å². The Labute approximate surface area is 887 Å². The van der Waals surface area contributed by atoms with Crippen LogP contribution < -0.4 is 0 Å². The quantitative estimate of drug-likeness (QED) is 0.0213. The van der Waals surface area contributed by atoms with Gasteiger partial charge in [0.1, 0.15) is 166 Å². The zero-order valence-corrected chi connectivity index (χ0v) is 89.6. The summed E-state index contributed by atoms with van der Waals surface area (Å²) < 4.78 is 90.3. The summed E-state index contributed by atoms with van der Waals surface area (Å²) in [6.45, 7) is 1.33. The summed E-state index contributed by atoms with van der Waals surface area (Å²) in [4.78, 5) is 42.0. The van der Waals surface area contributed by atoms with Crippen molar-refractivity contribution in [2.24, 2.45) is 0 Å². The molecule has 7 aliphatic rings. The topological polar surface area (TPSA) is 675 Å². The number of cyclic esters (lactones) is 2. The summed E-state index contributed by atoms with van der Waals surface area (Å²) in [7, 11) is 0. The fraction of sp³-hybridized carbons (Fsp3) is 0.972. The Morgan fingerprint density at radius 1 is 0.287 bits per heavy atom. The number of unbranched alkanes of at least 4 members (excludes halogenated alkanes) is 16. The third-order valence-corrected chi connectivity index (χ3v) is 30.5. The summed E-state index contributed by atoms with van der Waals surface area (Å²) in [6, 6.07) is 0. The maximum absolute atomic E-state index is 14.2.